The molecule has 0 unspecified atom stereocenters. The molecule has 0 aliphatic carbocycles. The summed E-state index contributed by atoms with van der Waals surface area (Å²) in [5, 5.41) is 13.5. The summed E-state index contributed by atoms with van der Waals surface area (Å²) in [5.74, 6) is -0.369. The first-order valence-electron chi connectivity index (χ1n) is 6.12. The van der Waals surface area contributed by atoms with Gasteiger partial charge in [-0.3, -0.25) is 4.68 Å². The van der Waals surface area contributed by atoms with Crippen LogP contribution in [0, 0.1) is 0 Å². The summed E-state index contributed by atoms with van der Waals surface area (Å²) in [6.07, 6.45) is 0.739. The Hall–Kier alpha value is -2.01. The van der Waals surface area contributed by atoms with E-state index in [1.165, 1.54) is 10.7 Å². The third-order valence-corrected chi connectivity index (χ3v) is 3.34. The van der Waals surface area contributed by atoms with Crippen LogP contribution in [-0.4, -0.2) is 28.0 Å². The normalized spacial score (nSPS) is 10.6. The number of hydrogen-bond donors (Lipinski definition) is 1. The van der Waals surface area contributed by atoms with E-state index in [4.69, 9.17) is 21.4 Å². The van der Waals surface area contributed by atoms with E-state index in [-0.39, 0.29) is 5.69 Å². The predicted octanol–water partition coefficient (Wildman–Crippen LogP) is 3.01. The summed E-state index contributed by atoms with van der Waals surface area (Å²) < 4.78 is 6.88. The van der Waals surface area contributed by atoms with E-state index in [9.17, 15) is 4.79 Å². The van der Waals surface area contributed by atoms with Crippen molar-refractivity contribution in [2.45, 2.75) is 13.3 Å². The number of ether oxygens (including phenoxy) is 1. The van der Waals surface area contributed by atoms with Crippen molar-refractivity contribution in [3.8, 4) is 17.0 Å². The van der Waals surface area contributed by atoms with Crippen molar-refractivity contribution in [1.29, 1.82) is 0 Å². The number of carbonyl (C=O) groups is 1. The van der Waals surface area contributed by atoms with Gasteiger partial charge in [-0.05, 0) is 24.6 Å². The van der Waals surface area contributed by atoms with Crippen molar-refractivity contribution in [3.63, 3.8) is 0 Å². The van der Waals surface area contributed by atoms with E-state index in [1.807, 2.05) is 6.92 Å². The number of carboxylic acid groups (broad SMARTS) is 1. The van der Waals surface area contributed by atoms with Crippen molar-refractivity contribution in [2.75, 3.05) is 7.11 Å². The fraction of sp³-hybridized carbons (Fsp3) is 0.286. The highest BCUT2D eigenvalue weighted by molar-refractivity contribution is 6.31. The summed E-state index contributed by atoms with van der Waals surface area (Å²) in [7, 11) is 3.29. The summed E-state index contributed by atoms with van der Waals surface area (Å²) in [4.78, 5) is 11.0. The minimum atomic E-state index is -1.06. The van der Waals surface area contributed by atoms with Gasteiger partial charge in [-0.2, -0.15) is 5.10 Å². The minimum absolute atomic E-state index is 0.00324. The smallest absolute Gasteiger partial charge is 0.356 e. The molecule has 106 valence electrons. The highest BCUT2D eigenvalue weighted by atomic mass is 35.5. The van der Waals surface area contributed by atoms with Gasteiger partial charge in [0.1, 0.15) is 5.75 Å². The van der Waals surface area contributed by atoms with Gasteiger partial charge in [0.05, 0.1) is 12.8 Å². The van der Waals surface area contributed by atoms with Crippen molar-refractivity contribution in [1.82, 2.24) is 9.78 Å². The summed E-state index contributed by atoms with van der Waals surface area (Å²) in [6, 6.07) is 5.08. The second-order valence-electron chi connectivity index (χ2n) is 4.33. The SMILES string of the molecule is CCc1c(OC)cc(Cl)cc1-c1cc(C(=O)O)nn1C. The lowest BCUT2D eigenvalue weighted by Crippen LogP contribution is -2.00. The number of carboxylic acids is 1. The van der Waals surface area contributed by atoms with Gasteiger partial charge in [0, 0.05) is 23.2 Å². The second-order valence-corrected chi connectivity index (χ2v) is 4.77. The molecular formula is C14H15ClN2O3. The predicted molar refractivity (Wildman–Crippen MR) is 76.5 cm³/mol. The molecule has 6 heteroatoms. The monoisotopic (exact) mass is 294 g/mol. The van der Waals surface area contributed by atoms with Gasteiger partial charge >= 0.3 is 5.97 Å². The van der Waals surface area contributed by atoms with Crippen LogP contribution < -0.4 is 4.74 Å². The molecule has 1 N–H and O–H groups in total. The van der Waals surface area contributed by atoms with Crippen LogP contribution in [0.5, 0.6) is 5.75 Å². The summed E-state index contributed by atoms with van der Waals surface area (Å²) >= 11 is 6.10. The lowest BCUT2D eigenvalue weighted by molar-refractivity contribution is 0.0689. The number of rotatable bonds is 4. The first-order valence-corrected chi connectivity index (χ1v) is 6.49. The first-order chi connectivity index (χ1) is 9.47. The number of methoxy groups -OCH3 is 1. The molecule has 0 aliphatic heterocycles. The molecule has 20 heavy (non-hydrogen) atoms. The molecule has 0 radical (unpaired) electrons. The number of nitrogens with zero attached hydrogens (tertiary/aromatic N) is 2. The number of halogens is 1. The Bertz CT molecular complexity index is 665. The average Bonchev–Trinajstić information content (AvgIpc) is 2.79. The quantitative estimate of drug-likeness (QED) is 0.941. The summed E-state index contributed by atoms with van der Waals surface area (Å²) in [5.41, 5.74) is 2.50. The third-order valence-electron chi connectivity index (χ3n) is 3.12. The maximum atomic E-state index is 11.0. The molecule has 1 aromatic heterocycles. The van der Waals surface area contributed by atoms with Gasteiger partial charge < -0.3 is 9.84 Å². The van der Waals surface area contributed by atoms with E-state index in [0.717, 1.165) is 17.5 Å². The molecule has 0 fully saturated rings. The van der Waals surface area contributed by atoms with E-state index in [0.29, 0.717) is 16.5 Å². The van der Waals surface area contributed by atoms with Crippen molar-refractivity contribution >= 4 is 17.6 Å². The molecule has 0 saturated carbocycles. The zero-order valence-corrected chi connectivity index (χ0v) is 12.2. The second kappa shape index (κ2) is 5.54. The van der Waals surface area contributed by atoms with Crippen molar-refractivity contribution in [2.24, 2.45) is 7.05 Å². The highest BCUT2D eigenvalue weighted by Gasteiger charge is 2.17. The number of hydrogen-bond acceptors (Lipinski definition) is 3. The Labute approximate surface area is 121 Å². The lowest BCUT2D eigenvalue weighted by atomic mass is 10.0. The molecule has 0 saturated heterocycles. The van der Waals surface area contributed by atoms with Crippen LogP contribution in [0.2, 0.25) is 5.02 Å². The van der Waals surface area contributed by atoms with Gasteiger partial charge in [-0.25, -0.2) is 4.79 Å². The third kappa shape index (κ3) is 2.49. The van der Waals surface area contributed by atoms with Gasteiger partial charge in [0.2, 0.25) is 0 Å². The molecule has 0 amide bonds. The van der Waals surface area contributed by atoms with Gasteiger partial charge in [0.15, 0.2) is 5.69 Å². The van der Waals surface area contributed by atoms with Crippen LogP contribution >= 0.6 is 11.6 Å². The van der Waals surface area contributed by atoms with E-state index < -0.39 is 5.97 Å². The maximum absolute atomic E-state index is 11.0. The average molecular weight is 295 g/mol. The Kier molecular flexibility index (Phi) is 3.99. The fourth-order valence-electron chi connectivity index (χ4n) is 2.21. The zero-order chi connectivity index (χ0) is 14.9. The Morgan fingerprint density at radius 3 is 2.65 bits per heavy atom. The topological polar surface area (TPSA) is 64.3 Å². The molecule has 1 aromatic carbocycles. The maximum Gasteiger partial charge on any atom is 0.356 e. The largest absolute Gasteiger partial charge is 0.496 e. The Morgan fingerprint density at radius 1 is 1.45 bits per heavy atom. The standard InChI is InChI=1S/C14H15ClN2O3/c1-4-9-10(5-8(15)6-13(9)20-3)12-7-11(14(18)19)16-17(12)2/h5-7H,4H2,1-3H3,(H,18,19). The lowest BCUT2D eigenvalue weighted by Gasteiger charge is -2.13. The molecule has 5 nitrogen and oxygen atoms in total. The molecule has 0 aliphatic rings. The van der Waals surface area contributed by atoms with Crippen molar-refractivity contribution < 1.29 is 14.6 Å². The van der Waals surface area contributed by atoms with Crippen LogP contribution in [0.3, 0.4) is 0 Å². The molecule has 1 heterocycles. The van der Waals surface area contributed by atoms with Gasteiger partial charge in [0.25, 0.3) is 0 Å². The highest BCUT2D eigenvalue weighted by Crippen LogP contribution is 2.34. The van der Waals surface area contributed by atoms with Crippen LogP contribution in [0.15, 0.2) is 18.2 Å². The van der Waals surface area contributed by atoms with E-state index in [1.54, 1.807) is 26.3 Å². The van der Waals surface area contributed by atoms with E-state index >= 15 is 0 Å². The Morgan fingerprint density at radius 2 is 2.15 bits per heavy atom. The molecule has 2 aromatic rings. The molecule has 2 rings (SSSR count). The van der Waals surface area contributed by atoms with E-state index in [2.05, 4.69) is 5.10 Å². The molecule has 0 bridgehead atoms. The number of aryl methyl sites for hydroxylation is 1. The van der Waals surface area contributed by atoms with Crippen LogP contribution in [0.4, 0.5) is 0 Å². The fourth-order valence-corrected chi connectivity index (χ4v) is 2.42. The molecular weight excluding hydrogens is 280 g/mol. The van der Waals surface area contributed by atoms with Crippen LogP contribution in [0.25, 0.3) is 11.3 Å². The van der Waals surface area contributed by atoms with Gasteiger partial charge in [-0.15, -0.1) is 0 Å². The minimum Gasteiger partial charge on any atom is -0.496 e. The number of benzene rings is 1. The zero-order valence-electron chi connectivity index (χ0n) is 11.5. The van der Waals surface area contributed by atoms with Crippen molar-refractivity contribution in [3.05, 3.63) is 34.5 Å². The van der Waals surface area contributed by atoms with Crippen LogP contribution in [-0.2, 0) is 13.5 Å². The number of aromatic nitrogens is 2. The van der Waals surface area contributed by atoms with Crippen LogP contribution in [0.1, 0.15) is 23.0 Å². The number of aromatic carboxylic acids is 1. The molecule has 0 atom stereocenters. The molecule has 0 spiro atoms. The first kappa shape index (κ1) is 14.4. The van der Waals surface area contributed by atoms with Gasteiger partial charge in [-0.1, -0.05) is 18.5 Å². The Balaban J connectivity index is 2.68. The summed E-state index contributed by atoms with van der Waals surface area (Å²) in [6.45, 7) is 2.00.